The Morgan fingerprint density at radius 2 is 2.35 bits per heavy atom. The molecule has 2 rings (SSSR count). The summed E-state index contributed by atoms with van der Waals surface area (Å²) in [5.74, 6) is -0.193. The van der Waals surface area contributed by atoms with Crippen molar-refractivity contribution in [3.05, 3.63) is 9.47 Å². The standard InChI is InChI=1S/C10H15ClN4OS/c1-2-15(7-3-4-7)6-5-12-8(16)9-13-14-10(11)17-9/h7H,2-6H2,1H3,(H,12,16). The Morgan fingerprint density at radius 1 is 1.59 bits per heavy atom. The largest absolute Gasteiger partial charge is 0.349 e. The van der Waals surface area contributed by atoms with E-state index in [2.05, 4.69) is 27.3 Å². The quantitative estimate of drug-likeness (QED) is 0.852. The van der Waals surface area contributed by atoms with Gasteiger partial charge >= 0.3 is 0 Å². The first-order valence-electron chi connectivity index (χ1n) is 5.72. The van der Waals surface area contributed by atoms with Crippen molar-refractivity contribution in [1.29, 1.82) is 0 Å². The fourth-order valence-corrected chi connectivity index (χ4v) is 2.47. The summed E-state index contributed by atoms with van der Waals surface area (Å²) < 4.78 is 0.295. The van der Waals surface area contributed by atoms with Crippen LogP contribution in [0.15, 0.2) is 0 Å². The van der Waals surface area contributed by atoms with Crippen LogP contribution in [0.1, 0.15) is 29.6 Å². The number of carbonyl (C=O) groups excluding carboxylic acids is 1. The summed E-state index contributed by atoms with van der Waals surface area (Å²) in [4.78, 5) is 14.0. The minimum Gasteiger partial charge on any atom is -0.349 e. The number of likely N-dealkylation sites (N-methyl/N-ethyl adjacent to an activating group) is 1. The van der Waals surface area contributed by atoms with Crippen LogP contribution in [-0.2, 0) is 0 Å². The summed E-state index contributed by atoms with van der Waals surface area (Å²) >= 11 is 6.71. The molecule has 1 aliphatic rings. The number of nitrogens with one attached hydrogen (secondary N) is 1. The number of amides is 1. The SMILES string of the molecule is CCN(CCNC(=O)c1nnc(Cl)s1)C1CC1. The van der Waals surface area contributed by atoms with E-state index >= 15 is 0 Å². The highest BCUT2D eigenvalue weighted by Gasteiger charge is 2.27. The predicted octanol–water partition coefficient (Wildman–Crippen LogP) is 1.41. The third kappa shape index (κ3) is 3.62. The Hall–Kier alpha value is -0.720. The second kappa shape index (κ2) is 5.75. The van der Waals surface area contributed by atoms with Crippen LogP contribution in [0, 0.1) is 0 Å². The van der Waals surface area contributed by atoms with Gasteiger partial charge in [0.15, 0.2) is 0 Å². The molecule has 7 heteroatoms. The van der Waals surface area contributed by atoms with E-state index in [4.69, 9.17) is 11.6 Å². The molecule has 0 aromatic carbocycles. The average molecular weight is 275 g/mol. The Balaban J connectivity index is 1.72. The number of hydrogen-bond acceptors (Lipinski definition) is 5. The van der Waals surface area contributed by atoms with Crippen molar-refractivity contribution in [3.63, 3.8) is 0 Å². The molecule has 0 radical (unpaired) electrons. The Labute approximate surface area is 109 Å². The van der Waals surface area contributed by atoms with Crippen molar-refractivity contribution in [2.24, 2.45) is 0 Å². The molecule has 0 aliphatic heterocycles. The molecule has 0 bridgehead atoms. The Kier molecular flexibility index (Phi) is 4.31. The van der Waals surface area contributed by atoms with Crippen molar-refractivity contribution in [3.8, 4) is 0 Å². The molecule has 1 aliphatic carbocycles. The minimum absolute atomic E-state index is 0.193. The summed E-state index contributed by atoms with van der Waals surface area (Å²) in [6, 6.07) is 0.730. The zero-order valence-corrected chi connectivity index (χ0v) is 11.2. The van der Waals surface area contributed by atoms with Crippen LogP contribution >= 0.6 is 22.9 Å². The van der Waals surface area contributed by atoms with Crippen LogP contribution in [0.25, 0.3) is 0 Å². The summed E-state index contributed by atoms with van der Waals surface area (Å²) in [6.07, 6.45) is 2.57. The van der Waals surface area contributed by atoms with Gasteiger partial charge in [-0.05, 0) is 31.0 Å². The van der Waals surface area contributed by atoms with Crippen molar-refractivity contribution in [2.45, 2.75) is 25.8 Å². The number of nitrogens with zero attached hydrogens (tertiary/aromatic N) is 3. The van der Waals surface area contributed by atoms with Crippen molar-refractivity contribution in [1.82, 2.24) is 20.4 Å². The molecule has 1 heterocycles. The molecule has 17 heavy (non-hydrogen) atoms. The normalized spacial score (nSPS) is 15.2. The van der Waals surface area contributed by atoms with Crippen LogP contribution in [0.4, 0.5) is 0 Å². The molecule has 1 fully saturated rings. The van der Waals surface area contributed by atoms with Gasteiger partial charge < -0.3 is 5.32 Å². The fourth-order valence-electron chi connectivity index (χ4n) is 1.72. The van der Waals surface area contributed by atoms with Gasteiger partial charge in [-0.2, -0.15) is 0 Å². The van der Waals surface area contributed by atoms with Gasteiger partial charge in [-0.1, -0.05) is 18.3 Å². The van der Waals surface area contributed by atoms with E-state index in [1.54, 1.807) is 0 Å². The van der Waals surface area contributed by atoms with Gasteiger partial charge in [-0.25, -0.2) is 0 Å². The zero-order chi connectivity index (χ0) is 12.3. The lowest BCUT2D eigenvalue weighted by atomic mass is 10.4. The maximum Gasteiger partial charge on any atom is 0.282 e. The van der Waals surface area contributed by atoms with Crippen molar-refractivity contribution in [2.75, 3.05) is 19.6 Å². The maximum atomic E-state index is 11.6. The molecule has 1 N–H and O–H groups in total. The lowest BCUT2D eigenvalue weighted by Crippen LogP contribution is -2.36. The molecular weight excluding hydrogens is 260 g/mol. The van der Waals surface area contributed by atoms with Crippen LogP contribution in [0.3, 0.4) is 0 Å². The van der Waals surface area contributed by atoms with Gasteiger partial charge in [0.25, 0.3) is 5.91 Å². The van der Waals surface area contributed by atoms with Crippen molar-refractivity contribution < 1.29 is 4.79 Å². The first kappa shape index (κ1) is 12.7. The fraction of sp³-hybridized carbons (Fsp3) is 0.700. The highest BCUT2D eigenvalue weighted by molar-refractivity contribution is 7.17. The second-order valence-electron chi connectivity index (χ2n) is 3.98. The average Bonchev–Trinajstić information content (AvgIpc) is 3.06. The lowest BCUT2D eigenvalue weighted by Gasteiger charge is -2.19. The number of hydrogen-bond donors (Lipinski definition) is 1. The monoisotopic (exact) mass is 274 g/mol. The molecule has 0 spiro atoms. The van der Waals surface area contributed by atoms with Crippen LogP contribution in [-0.4, -0.2) is 46.7 Å². The van der Waals surface area contributed by atoms with Gasteiger partial charge in [0.05, 0.1) is 0 Å². The molecule has 1 saturated carbocycles. The third-order valence-corrected chi connectivity index (χ3v) is 3.77. The van der Waals surface area contributed by atoms with E-state index < -0.39 is 0 Å². The van der Waals surface area contributed by atoms with Gasteiger partial charge in [0.1, 0.15) is 0 Å². The molecule has 1 amide bonds. The highest BCUT2D eigenvalue weighted by atomic mass is 35.5. The summed E-state index contributed by atoms with van der Waals surface area (Å²) in [5.41, 5.74) is 0. The molecule has 5 nitrogen and oxygen atoms in total. The summed E-state index contributed by atoms with van der Waals surface area (Å²) in [6.45, 7) is 4.70. The number of aromatic nitrogens is 2. The number of carbonyl (C=O) groups is 1. The second-order valence-corrected chi connectivity index (χ2v) is 5.54. The van der Waals surface area contributed by atoms with E-state index in [1.807, 2.05) is 0 Å². The van der Waals surface area contributed by atoms with E-state index in [1.165, 1.54) is 12.8 Å². The number of halogens is 1. The Bertz CT molecular complexity index is 393. The molecule has 0 atom stereocenters. The third-order valence-electron chi connectivity index (χ3n) is 2.75. The zero-order valence-electron chi connectivity index (χ0n) is 9.65. The first-order chi connectivity index (χ1) is 8.20. The Morgan fingerprint density at radius 3 is 2.88 bits per heavy atom. The van der Waals surface area contributed by atoms with E-state index in [0.29, 0.717) is 16.0 Å². The molecule has 0 saturated heterocycles. The topological polar surface area (TPSA) is 58.1 Å². The molecule has 94 valence electrons. The van der Waals surface area contributed by atoms with E-state index in [0.717, 1.165) is 30.5 Å². The maximum absolute atomic E-state index is 11.6. The molecule has 0 unspecified atom stereocenters. The first-order valence-corrected chi connectivity index (χ1v) is 6.91. The van der Waals surface area contributed by atoms with E-state index in [9.17, 15) is 4.79 Å². The van der Waals surface area contributed by atoms with Gasteiger partial charge in [-0.15, -0.1) is 10.2 Å². The summed E-state index contributed by atoms with van der Waals surface area (Å²) in [7, 11) is 0. The van der Waals surface area contributed by atoms with Crippen LogP contribution in [0.2, 0.25) is 4.47 Å². The van der Waals surface area contributed by atoms with Crippen molar-refractivity contribution >= 4 is 28.8 Å². The van der Waals surface area contributed by atoms with Gasteiger partial charge in [0, 0.05) is 19.1 Å². The van der Waals surface area contributed by atoms with Gasteiger partial charge in [0.2, 0.25) is 9.47 Å². The smallest absolute Gasteiger partial charge is 0.282 e. The minimum atomic E-state index is -0.193. The number of rotatable bonds is 6. The summed E-state index contributed by atoms with van der Waals surface area (Å²) in [5, 5.41) is 10.4. The van der Waals surface area contributed by atoms with Gasteiger partial charge in [-0.3, -0.25) is 9.69 Å². The van der Waals surface area contributed by atoms with E-state index in [-0.39, 0.29) is 5.91 Å². The highest BCUT2D eigenvalue weighted by Crippen LogP contribution is 2.25. The van der Waals surface area contributed by atoms with Crippen LogP contribution < -0.4 is 5.32 Å². The molecular formula is C10H15ClN4OS. The molecule has 1 aromatic rings. The van der Waals surface area contributed by atoms with Crippen LogP contribution in [0.5, 0.6) is 0 Å². The molecule has 1 aromatic heterocycles. The lowest BCUT2D eigenvalue weighted by molar-refractivity contribution is 0.0947. The predicted molar refractivity (Wildman–Crippen MR) is 67.5 cm³/mol.